The summed E-state index contributed by atoms with van der Waals surface area (Å²) in [5, 5.41) is 2.77. The van der Waals surface area contributed by atoms with Crippen molar-refractivity contribution in [3.05, 3.63) is 69.1 Å². The third-order valence-electron chi connectivity index (χ3n) is 3.77. The van der Waals surface area contributed by atoms with Crippen LogP contribution in [0.4, 0.5) is 4.79 Å². The van der Waals surface area contributed by atoms with Crippen molar-refractivity contribution in [2.75, 3.05) is 6.54 Å². The maximum atomic E-state index is 12.3. The smallest absolute Gasteiger partial charge is 0.407 e. The first-order chi connectivity index (χ1) is 11.7. The highest BCUT2D eigenvalue weighted by Gasteiger charge is 2.17. The number of carbonyl (C=O) groups excluding carboxylic acids is 1. The van der Waals surface area contributed by atoms with Crippen LogP contribution in [0.25, 0.3) is 11.1 Å². The number of para-hydroxylation sites is 1. The van der Waals surface area contributed by atoms with Crippen LogP contribution < -0.4 is 11.1 Å². The van der Waals surface area contributed by atoms with E-state index in [1.807, 2.05) is 18.2 Å². The van der Waals surface area contributed by atoms with Crippen molar-refractivity contribution >= 4 is 33.1 Å². The van der Waals surface area contributed by atoms with E-state index in [0.29, 0.717) is 22.1 Å². The molecule has 3 rings (SSSR count). The predicted octanol–water partition coefficient (Wildman–Crippen LogP) is 3.94. The maximum Gasteiger partial charge on any atom is 0.428 e. The molecule has 0 saturated heterocycles. The first-order valence-corrected chi connectivity index (χ1v) is 8.58. The lowest BCUT2D eigenvalue weighted by Crippen LogP contribution is -2.34. The molecule has 0 aliphatic carbocycles. The van der Waals surface area contributed by atoms with Crippen LogP contribution in [0.15, 0.2) is 62.2 Å². The number of nitrogens with zero attached hydrogens (tertiary/aromatic N) is 1. The SMILES string of the molecule is O=C(NCCCCc1ccccc1)n1c(=O)oc2cccc(Br)c21. The molecule has 2 aromatic carbocycles. The number of amides is 1. The second kappa shape index (κ2) is 7.49. The number of aryl methyl sites for hydroxylation is 1. The fourth-order valence-corrected chi connectivity index (χ4v) is 3.11. The maximum absolute atomic E-state index is 12.3. The zero-order valence-corrected chi connectivity index (χ0v) is 14.6. The Morgan fingerprint density at radius 1 is 1.08 bits per heavy atom. The molecule has 0 radical (unpaired) electrons. The lowest BCUT2D eigenvalue weighted by Gasteiger charge is -2.06. The molecule has 3 aromatic rings. The zero-order valence-electron chi connectivity index (χ0n) is 13.0. The number of halogens is 1. The van der Waals surface area contributed by atoms with Crippen molar-refractivity contribution in [1.82, 2.24) is 9.88 Å². The van der Waals surface area contributed by atoms with E-state index in [0.717, 1.165) is 23.8 Å². The largest absolute Gasteiger partial charge is 0.428 e. The summed E-state index contributed by atoms with van der Waals surface area (Å²) in [6.07, 6.45) is 2.78. The number of nitrogens with one attached hydrogen (secondary N) is 1. The molecular weight excluding hydrogens is 372 g/mol. The summed E-state index contributed by atoms with van der Waals surface area (Å²) in [4.78, 5) is 24.2. The summed E-state index contributed by atoms with van der Waals surface area (Å²) >= 11 is 3.35. The molecule has 1 heterocycles. The third-order valence-corrected chi connectivity index (χ3v) is 4.41. The molecule has 6 heteroatoms. The van der Waals surface area contributed by atoms with Crippen LogP contribution in [0.3, 0.4) is 0 Å². The van der Waals surface area contributed by atoms with E-state index < -0.39 is 11.8 Å². The standard InChI is InChI=1S/C18H17BrN2O3/c19-14-10-6-11-15-16(14)21(18(23)24-15)17(22)20-12-5-4-9-13-7-2-1-3-8-13/h1-3,6-8,10-11H,4-5,9,12H2,(H,20,22). The second-order valence-corrected chi connectivity index (χ2v) is 6.32. The number of hydrogen-bond donors (Lipinski definition) is 1. The minimum Gasteiger partial charge on any atom is -0.407 e. The number of fused-ring (bicyclic) bond motifs is 1. The van der Waals surface area contributed by atoms with Gasteiger partial charge in [-0.3, -0.25) is 0 Å². The van der Waals surface area contributed by atoms with Gasteiger partial charge in [0.1, 0.15) is 5.52 Å². The van der Waals surface area contributed by atoms with Crippen LogP contribution in [0.2, 0.25) is 0 Å². The summed E-state index contributed by atoms with van der Waals surface area (Å²) in [5.41, 5.74) is 2.11. The summed E-state index contributed by atoms with van der Waals surface area (Å²) in [6.45, 7) is 0.509. The average Bonchev–Trinajstić information content (AvgIpc) is 2.93. The molecule has 0 aliphatic rings. The van der Waals surface area contributed by atoms with Crippen LogP contribution >= 0.6 is 15.9 Å². The molecule has 1 N–H and O–H groups in total. The Bertz CT molecular complexity index is 900. The normalized spacial score (nSPS) is 10.9. The summed E-state index contributed by atoms with van der Waals surface area (Å²) < 4.78 is 6.77. The highest BCUT2D eigenvalue weighted by Crippen LogP contribution is 2.22. The van der Waals surface area contributed by atoms with E-state index in [1.54, 1.807) is 18.2 Å². The molecule has 24 heavy (non-hydrogen) atoms. The first-order valence-electron chi connectivity index (χ1n) is 7.79. The molecule has 0 bridgehead atoms. The Hall–Kier alpha value is -2.34. The Labute approximate surface area is 147 Å². The summed E-state index contributed by atoms with van der Waals surface area (Å²) in [6, 6.07) is 14.9. The number of hydrogen-bond acceptors (Lipinski definition) is 3. The fraction of sp³-hybridized carbons (Fsp3) is 0.222. The van der Waals surface area contributed by atoms with E-state index in [-0.39, 0.29) is 0 Å². The molecule has 0 saturated carbocycles. The van der Waals surface area contributed by atoms with E-state index in [1.165, 1.54) is 5.56 Å². The van der Waals surface area contributed by atoms with Crippen molar-refractivity contribution < 1.29 is 9.21 Å². The quantitative estimate of drug-likeness (QED) is 0.673. The number of carbonyl (C=O) groups is 1. The second-order valence-electron chi connectivity index (χ2n) is 5.46. The molecule has 5 nitrogen and oxygen atoms in total. The monoisotopic (exact) mass is 388 g/mol. The number of oxazole rings is 1. The van der Waals surface area contributed by atoms with Crippen molar-refractivity contribution in [2.24, 2.45) is 0 Å². The topological polar surface area (TPSA) is 64.2 Å². The van der Waals surface area contributed by atoms with Gasteiger partial charge >= 0.3 is 11.8 Å². The molecule has 1 amide bonds. The minimum atomic E-state index is -0.682. The Morgan fingerprint density at radius 2 is 1.88 bits per heavy atom. The van der Waals surface area contributed by atoms with Crippen LogP contribution in [-0.4, -0.2) is 17.1 Å². The molecule has 0 spiro atoms. The molecular formula is C18H17BrN2O3. The van der Waals surface area contributed by atoms with Gasteiger partial charge in [0.25, 0.3) is 0 Å². The van der Waals surface area contributed by atoms with Crippen LogP contribution in [0.1, 0.15) is 18.4 Å². The van der Waals surface area contributed by atoms with E-state index in [4.69, 9.17) is 4.42 Å². The lowest BCUT2D eigenvalue weighted by molar-refractivity contribution is 0.241. The van der Waals surface area contributed by atoms with Crippen molar-refractivity contribution in [3.63, 3.8) is 0 Å². The molecule has 0 atom stereocenters. The van der Waals surface area contributed by atoms with Gasteiger partial charge in [-0.1, -0.05) is 36.4 Å². The average molecular weight is 389 g/mol. The predicted molar refractivity (Wildman–Crippen MR) is 96.4 cm³/mol. The Balaban J connectivity index is 1.58. The Morgan fingerprint density at radius 3 is 2.67 bits per heavy atom. The van der Waals surface area contributed by atoms with Gasteiger partial charge in [0.2, 0.25) is 0 Å². The number of unbranched alkanes of at least 4 members (excludes halogenated alkanes) is 1. The highest BCUT2D eigenvalue weighted by atomic mass is 79.9. The van der Waals surface area contributed by atoms with Gasteiger partial charge in [-0.2, -0.15) is 4.57 Å². The Kier molecular flexibility index (Phi) is 5.15. The van der Waals surface area contributed by atoms with Crippen LogP contribution in [-0.2, 0) is 6.42 Å². The summed E-state index contributed by atoms with van der Waals surface area (Å²) in [7, 11) is 0. The van der Waals surface area contributed by atoms with Gasteiger partial charge < -0.3 is 9.73 Å². The van der Waals surface area contributed by atoms with Gasteiger partial charge in [-0.05, 0) is 52.9 Å². The van der Waals surface area contributed by atoms with Crippen molar-refractivity contribution in [2.45, 2.75) is 19.3 Å². The summed E-state index contributed by atoms with van der Waals surface area (Å²) in [5.74, 6) is -0.682. The van der Waals surface area contributed by atoms with Crippen LogP contribution in [0, 0.1) is 0 Å². The number of aromatic nitrogens is 1. The molecule has 1 aromatic heterocycles. The minimum absolute atomic E-state index is 0.383. The molecule has 0 unspecified atom stereocenters. The van der Waals surface area contributed by atoms with Gasteiger partial charge in [-0.25, -0.2) is 9.59 Å². The number of rotatable bonds is 5. The van der Waals surface area contributed by atoms with Crippen molar-refractivity contribution in [1.29, 1.82) is 0 Å². The van der Waals surface area contributed by atoms with E-state index in [9.17, 15) is 9.59 Å². The van der Waals surface area contributed by atoms with Crippen molar-refractivity contribution in [3.8, 4) is 0 Å². The molecule has 0 fully saturated rings. The van der Waals surface area contributed by atoms with Gasteiger partial charge in [0.05, 0.1) is 0 Å². The molecule has 124 valence electrons. The van der Waals surface area contributed by atoms with Gasteiger partial charge in [0, 0.05) is 11.0 Å². The zero-order chi connectivity index (χ0) is 16.9. The number of benzene rings is 2. The molecule has 0 aliphatic heterocycles. The van der Waals surface area contributed by atoms with Crippen LogP contribution in [0.5, 0.6) is 0 Å². The fourth-order valence-electron chi connectivity index (χ4n) is 2.58. The van der Waals surface area contributed by atoms with E-state index in [2.05, 4.69) is 33.4 Å². The lowest BCUT2D eigenvalue weighted by atomic mass is 10.1. The first kappa shape index (κ1) is 16.5. The van der Waals surface area contributed by atoms with E-state index >= 15 is 0 Å². The van der Waals surface area contributed by atoms with Gasteiger partial charge in [-0.15, -0.1) is 0 Å². The van der Waals surface area contributed by atoms with Gasteiger partial charge in [0.15, 0.2) is 5.58 Å². The third kappa shape index (κ3) is 3.59. The highest BCUT2D eigenvalue weighted by molar-refractivity contribution is 9.10.